The standard InChI is InChI=1S/C14H14BrNOS/c1-8-5-4-6-9(2)12(8)16-14(17)11-7-10(3)13(15)18-11/h4-7H,1-3H3,(H,16,17). The van der Waals surface area contributed by atoms with Gasteiger partial charge in [0.15, 0.2) is 0 Å². The van der Waals surface area contributed by atoms with E-state index >= 15 is 0 Å². The largest absolute Gasteiger partial charge is 0.321 e. The number of anilines is 1. The van der Waals surface area contributed by atoms with Crippen LogP contribution in [0.4, 0.5) is 5.69 Å². The zero-order valence-corrected chi connectivity index (χ0v) is 12.9. The van der Waals surface area contributed by atoms with Gasteiger partial charge in [-0.05, 0) is 59.5 Å². The minimum absolute atomic E-state index is 0.0498. The van der Waals surface area contributed by atoms with Gasteiger partial charge in [0, 0.05) is 5.69 Å². The van der Waals surface area contributed by atoms with Crippen LogP contribution >= 0.6 is 27.3 Å². The molecule has 0 unspecified atom stereocenters. The fraction of sp³-hybridized carbons (Fsp3) is 0.214. The first-order chi connectivity index (χ1) is 8.49. The Morgan fingerprint density at radius 2 is 1.78 bits per heavy atom. The molecule has 0 radical (unpaired) electrons. The second-order valence-corrected chi connectivity index (χ2v) is 6.66. The molecule has 0 atom stereocenters. The van der Waals surface area contributed by atoms with E-state index in [1.54, 1.807) is 0 Å². The number of hydrogen-bond donors (Lipinski definition) is 1. The van der Waals surface area contributed by atoms with E-state index in [4.69, 9.17) is 0 Å². The first kappa shape index (κ1) is 13.3. The lowest BCUT2D eigenvalue weighted by Crippen LogP contribution is -2.12. The average molecular weight is 324 g/mol. The van der Waals surface area contributed by atoms with Gasteiger partial charge in [-0.3, -0.25) is 4.79 Å². The fourth-order valence-corrected chi connectivity index (χ4v) is 3.19. The van der Waals surface area contributed by atoms with Crippen molar-refractivity contribution in [2.45, 2.75) is 20.8 Å². The molecular formula is C14H14BrNOS. The van der Waals surface area contributed by atoms with Gasteiger partial charge in [0.25, 0.3) is 5.91 Å². The number of aryl methyl sites for hydroxylation is 3. The van der Waals surface area contributed by atoms with E-state index in [1.165, 1.54) is 11.3 Å². The van der Waals surface area contributed by atoms with Gasteiger partial charge < -0.3 is 5.32 Å². The molecule has 1 amide bonds. The first-order valence-corrected chi connectivity index (χ1v) is 7.23. The lowest BCUT2D eigenvalue weighted by molar-refractivity contribution is 0.103. The van der Waals surface area contributed by atoms with Gasteiger partial charge in [-0.15, -0.1) is 11.3 Å². The molecule has 0 aliphatic carbocycles. The number of nitrogens with one attached hydrogen (secondary N) is 1. The maximum Gasteiger partial charge on any atom is 0.265 e. The maximum atomic E-state index is 12.2. The van der Waals surface area contributed by atoms with Crippen LogP contribution in [0, 0.1) is 20.8 Å². The fourth-order valence-electron chi connectivity index (χ4n) is 1.76. The summed E-state index contributed by atoms with van der Waals surface area (Å²) in [6.07, 6.45) is 0. The van der Waals surface area contributed by atoms with Crippen LogP contribution in [-0.2, 0) is 0 Å². The molecule has 0 bridgehead atoms. The van der Waals surface area contributed by atoms with Crippen LogP contribution in [0.1, 0.15) is 26.4 Å². The van der Waals surface area contributed by atoms with Crippen LogP contribution in [0.25, 0.3) is 0 Å². The predicted molar refractivity (Wildman–Crippen MR) is 80.6 cm³/mol. The smallest absolute Gasteiger partial charge is 0.265 e. The van der Waals surface area contributed by atoms with Gasteiger partial charge in [0.2, 0.25) is 0 Å². The number of hydrogen-bond acceptors (Lipinski definition) is 2. The Labute approximate surface area is 119 Å². The molecule has 94 valence electrons. The van der Waals surface area contributed by atoms with E-state index in [9.17, 15) is 4.79 Å². The molecule has 2 rings (SSSR count). The number of para-hydroxylation sites is 1. The van der Waals surface area contributed by atoms with E-state index in [0.29, 0.717) is 0 Å². The molecule has 0 fully saturated rings. The summed E-state index contributed by atoms with van der Waals surface area (Å²) >= 11 is 4.90. The summed E-state index contributed by atoms with van der Waals surface area (Å²) < 4.78 is 1.01. The van der Waals surface area contributed by atoms with Crippen molar-refractivity contribution in [2.75, 3.05) is 5.32 Å². The molecule has 1 N–H and O–H groups in total. The molecular weight excluding hydrogens is 310 g/mol. The summed E-state index contributed by atoms with van der Waals surface area (Å²) in [5.41, 5.74) is 4.16. The third kappa shape index (κ3) is 2.65. The quantitative estimate of drug-likeness (QED) is 0.853. The third-order valence-corrected chi connectivity index (χ3v) is 4.94. The zero-order valence-electron chi connectivity index (χ0n) is 10.5. The maximum absolute atomic E-state index is 12.2. The monoisotopic (exact) mass is 323 g/mol. The molecule has 0 spiro atoms. The summed E-state index contributed by atoms with van der Waals surface area (Å²) in [6, 6.07) is 7.89. The van der Waals surface area contributed by atoms with E-state index in [-0.39, 0.29) is 5.91 Å². The van der Waals surface area contributed by atoms with Crippen LogP contribution in [0.3, 0.4) is 0 Å². The zero-order chi connectivity index (χ0) is 13.3. The second kappa shape index (κ2) is 5.24. The Kier molecular flexibility index (Phi) is 3.88. The SMILES string of the molecule is Cc1cc(C(=O)Nc2c(C)cccc2C)sc1Br. The van der Waals surface area contributed by atoms with Gasteiger partial charge in [0.05, 0.1) is 8.66 Å². The van der Waals surface area contributed by atoms with Crippen molar-refractivity contribution in [1.29, 1.82) is 0 Å². The van der Waals surface area contributed by atoms with Gasteiger partial charge in [-0.2, -0.15) is 0 Å². The molecule has 0 aliphatic rings. The van der Waals surface area contributed by atoms with Crippen molar-refractivity contribution in [3.05, 3.63) is 49.6 Å². The van der Waals surface area contributed by atoms with Crippen molar-refractivity contribution in [3.63, 3.8) is 0 Å². The number of benzene rings is 1. The molecule has 0 aliphatic heterocycles. The number of thiophene rings is 1. The molecule has 2 aromatic rings. The highest BCUT2D eigenvalue weighted by molar-refractivity contribution is 9.11. The normalized spacial score (nSPS) is 10.4. The summed E-state index contributed by atoms with van der Waals surface area (Å²) in [7, 11) is 0. The van der Waals surface area contributed by atoms with E-state index in [1.807, 2.05) is 45.0 Å². The van der Waals surface area contributed by atoms with Gasteiger partial charge in [0.1, 0.15) is 0 Å². The first-order valence-electron chi connectivity index (χ1n) is 5.62. The van der Waals surface area contributed by atoms with Gasteiger partial charge in [-0.25, -0.2) is 0 Å². The third-order valence-electron chi connectivity index (χ3n) is 2.80. The number of halogens is 1. The van der Waals surface area contributed by atoms with Crippen LogP contribution in [0.15, 0.2) is 28.1 Å². The molecule has 2 nitrogen and oxygen atoms in total. The number of amides is 1. The lowest BCUT2D eigenvalue weighted by atomic mass is 10.1. The lowest BCUT2D eigenvalue weighted by Gasteiger charge is -2.10. The van der Waals surface area contributed by atoms with Crippen molar-refractivity contribution in [3.8, 4) is 0 Å². The molecule has 0 saturated heterocycles. The Morgan fingerprint density at radius 3 is 2.28 bits per heavy atom. The predicted octanol–water partition coefficient (Wildman–Crippen LogP) is 4.69. The van der Waals surface area contributed by atoms with Crippen LogP contribution < -0.4 is 5.32 Å². The van der Waals surface area contributed by atoms with Crippen LogP contribution in [0.5, 0.6) is 0 Å². The number of carbonyl (C=O) groups excluding carboxylic acids is 1. The second-order valence-electron chi connectivity index (χ2n) is 4.29. The Balaban J connectivity index is 2.27. The highest BCUT2D eigenvalue weighted by atomic mass is 79.9. The molecule has 4 heteroatoms. The Hall–Kier alpha value is -1.13. The summed E-state index contributed by atoms with van der Waals surface area (Å²) in [6.45, 7) is 5.98. The molecule has 1 aromatic heterocycles. The van der Waals surface area contributed by atoms with Crippen molar-refractivity contribution in [1.82, 2.24) is 0 Å². The van der Waals surface area contributed by atoms with Crippen molar-refractivity contribution < 1.29 is 4.79 Å². The van der Waals surface area contributed by atoms with E-state index in [0.717, 1.165) is 31.0 Å². The molecule has 1 aromatic carbocycles. The molecule has 1 heterocycles. The molecule has 18 heavy (non-hydrogen) atoms. The highest BCUT2D eigenvalue weighted by Crippen LogP contribution is 2.28. The summed E-state index contributed by atoms with van der Waals surface area (Å²) in [5, 5.41) is 2.99. The Bertz CT molecular complexity index is 564. The van der Waals surface area contributed by atoms with Gasteiger partial charge in [-0.1, -0.05) is 18.2 Å². The minimum atomic E-state index is -0.0498. The van der Waals surface area contributed by atoms with Gasteiger partial charge >= 0.3 is 0 Å². The number of carbonyl (C=O) groups is 1. The molecule has 0 saturated carbocycles. The minimum Gasteiger partial charge on any atom is -0.321 e. The summed E-state index contributed by atoms with van der Waals surface area (Å²) in [4.78, 5) is 12.9. The highest BCUT2D eigenvalue weighted by Gasteiger charge is 2.13. The van der Waals surface area contributed by atoms with E-state index < -0.39 is 0 Å². The van der Waals surface area contributed by atoms with Crippen LogP contribution in [0.2, 0.25) is 0 Å². The van der Waals surface area contributed by atoms with Crippen LogP contribution in [-0.4, -0.2) is 5.91 Å². The van der Waals surface area contributed by atoms with Crippen molar-refractivity contribution in [2.24, 2.45) is 0 Å². The average Bonchev–Trinajstić information content (AvgIpc) is 2.64. The van der Waals surface area contributed by atoms with E-state index in [2.05, 4.69) is 21.2 Å². The topological polar surface area (TPSA) is 29.1 Å². The number of rotatable bonds is 2. The summed E-state index contributed by atoms with van der Waals surface area (Å²) in [5.74, 6) is -0.0498. The Morgan fingerprint density at radius 1 is 1.17 bits per heavy atom. The van der Waals surface area contributed by atoms with Crippen molar-refractivity contribution >= 4 is 38.9 Å².